The molecule has 0 saturated carbocycles. The molecule has 4 rings (SSSR count). The van der Waals surface area contributed by atoms with Crippen molar-refractivity contribution in [1.29, 1.82) is 0 Å². The van der Waals surface area contributed by atoms with Gasteiger partial charge in [0.05, 0.1) is 25.1 Å². The standard InChI is InChI=1S/C18H26N4O2/c23-18(11-13-9-14-1-2-15(10-13)20-14)21-17-4-3-16(12-19-17)22-5-7-24-8-6-22/h3-4,12-15,20H,1-2,5-11H2,(H,19,21,23). The number of rotatable bonds is 4. The quantitative estimate of drug-likeness (QED) is 0.881. The van der Waals surface area contributed by atoms with Gasteiger partial charge in [-0.05, 0) is 43.7 Å². The van der Waals surface area contributed by atoms with Gasteiger partial charge in [0.15, 0.2) is 0 Å². The summed E-state index contributed by atoms with van der Waals surface area (Å²) < 4.78 is 5.37. The minimum absolute atomic E-state index is 0.0907. The molecule has 2 atom stereocenters. The molecule has 0 spiro atoms. The summed E-state index contributed by atoms with van der Waals surface area (Å²) >= 11 is 0. The summed E-state index contributed by atoms with van der Waals surface area (Å²) in [5.74, 6) is 1.25. The Hall–Kier alpha value is -1.66. The van der Waals surface area contributed by atoms with Crippen LogP contribution in [0.2, 0.25) is 0 Å². The van der Waals surface area contributed by atoms with Crippen LogP contribution in [0.4, 0.5) is 11.5 Å². The normalized spacial score (nSPS) is 29.5. The molecule has 2 unspecified atom stereocenters. The molecule has 4 heterocycles. The molecule has 1 amide bonds. The van der Waals surface area contributed by atoms with Crippen LogP contribution >= 0.6 is 0 Å². The van der Waals surface area contributed by atoms with Crippen molar-refractivity contribution in [2.24, 2.45) is 5.92 Å². The Morgan fingerprint density at radius 1 is 1.25 bits per heavy atom. The molecular formula is C18H26N4O2. The number of ether oxygens (including phenoxy) is 1. The van der Waals surface area contributed by atoms with E-state index in [-0.39, 0.29) is 5.91 Å². The Bertz CT molecular complexity index is 559. The van der Waals surface area contributed by atoms with Crippen LogP contribution in [-0.2, 0) is 9.53 Å². The number of hydrogen-bond donors (Lipinski definition) is 2. The van der Waals surface area contributed by atoms with Crippen LogP contribution in [0.5, 0.6) is 0 Å². The Labute approximate surface area is 143 Å². The molecule has 6 nitrogen and oxygen atoms in total. The predicted molar refractivity (Wildman–Crippen MR) is 93.2 cm³/mol. The summed E-state index contributed by atoms with van der Waals surface area (Å²) in [6.07, 6.45) is 7.26. The van der Waals surface area contributed by atoms with Crippen molar-refractivity contribution >= 4 is 17.4 Å². The van der Waals surface area contributed by atoms with E-state index >= 15 is 0 Å². The zero-order valence-corrected chi connectivity index (χ0v) is 14.0. The molecule has 130 valence electrons. The van der Waals surface area contributed by atoms with Gasteiger partial charge in [0, 0.05) is 31.6 Å². The van der Waals surface area contributed by atoms with Gasteiger partial charge in [-0.15, -0.1) is 0 Å². The third-order valence-electron chi connectivity index (χ3n) is 5.44. The number of carbonyl (C=O) groups is 1. The summed E-state index contributed by atoms with van der Waals surface area (Å²) in [7, 11) is 0. The van der Waals surface area contributed by atoms with E-state index in [4.69, 9.17) is 4.74 Å². The fourth-order valence-electron chi connectivity index (χ4n) is 4.27. The number of pyridine rings is 1. The van der Waals surface area contributed by atoms with Crippen LogP contribution in [0.3, 0.4) is 0 Å². The molecular weight excluding hydrogens is 304 g/mol. The van der Waals surface area contributed by atoms with Gasteiger partial charge in [-0.25, -0.2) is 4.98 Å². The number of piperidine rings is 1. The lowest BCUT2D eigenvalue weighted by atomic mass is 9.89. The molecule has 2 bridgehead atoms. The fraction of sp³-hybridized carbons (Fsp3) is 0.667. The van der Waals surface area contributed by atoms with E-state index in [2.05, 4.69) is 20.5 Å². The largest absolute Gasteiger partial charge is 0.378 e. The molecule has 1 aromatic heterocycles. The van der Waals surface area contributed by atoms with Crippen molar-refractivity contribution in [3.63, 3.8) is 0 Å². The first-order valence-corrected chi connectivity index (χ1v) is 9.11. The van der Waals surface area contributed by atoms with E-state index in [0.29, 0.717) is 30.2 Å². The van der Waals surface area contributed by atoms with Gasteiger partial charge in [-0.2, -0.15) is 0 Å². The van der Waals surface area contributed by atoms with Gasteiger partial charge in [0.2, 0.25) is 5.91 Å². The molecule has 3 fully saturated rings. The van der Waals surface area contributed by atoms with E-state index in [9.17, 15) is 4.79 Å². The van der Waals surface area contributed by atoms with Crippen LogP contribution in [0.15, 0.2) is 18.3 Å². The van der Waals surface area contributed by atoms with Crippen LogP contribution in [-0.4, -0.2) is 49.3 Å². The van der Waals surface area contributed by atoms with Crippen molar-refractivity contribution in [1.82, 2.24) is 10.3 Å². The highest BCUT2D eigenvalue weighted by molar-refractivity contribution is 5.90. The summed E-state index contributed by atoms with van der Waals surface area (Å²) in [6, 6.07) is 5.19. The zero-order valence-electron chi connectivity index (χ0n) is 14.0. The van der Waals surface area contributed by atoms with Gasteiger partial charge in [-0.3, -0.25) is 4.79 Å². The van der Waals surface area contributed by atoms with E-state index in [1.807, 2.05) is 18.3 Å². The molecule has 0 radical (unpaired) electrons. The third kappa shape index (κ3) is 3.70. The smallest absolute Gasteiger partial charge is 0.225 e. The van der Waals surface area contributed by atoms with Gasteiger partial charge < -0.3 is 20.3 Å². The van der Waals surface area contributed by atoms with Crippen LogP contribution in [0, 0.1) is 5.92 Å². The number of morpholine rings is 1. The Morgan fingerprint density at radius 2 is 2.00 bits per heavy atom. The molecule has 3 saturated heterocycles. The van der Waals surface area contributed by atoms with Crippen molar-refractivity contribution < 1.29 is 9.53 Å². The number of nitrogens with zero attached hydrogens (tertiary/aromatic N) is 2. The highest BCUT2D eigenvalue weighted by Gasteiger charge is 2.34. The Morgan fingerprint density at radius 3 is 2.67 bits per heavy atom. The molecule has 3 aliphatic rings. The summed E-state index contributed by atoms with van der Waals surface area (Å²) in [5, 5.41) is 6.58. The highest BCUT2D eigenvalue weighted by atomic mass is 16.5. The summed E-state index contributed by atoms with van der Waals surface area (Å²) in [4.78, 5) is 19.0. The van der Waals surface area contributed by atoms with Gasteiger partial charge in [-0.1, -0.05) is 0 Å². The van der Waals surface area contributed by atoms with Crippen molar-refractivity contribution in [3.8, 4) is 0 Å². The number of fused-ring (bicyclic) bond motifs is 2. The average Bonchev–Trinajstić information content (AvgIpc) is 2.95. The highest BCUT2D eigenvalue weighted by Crippen LogP contribution is 2.32. The molecule has 3 aliphatic heterocycles. The second-order valence-corrected chi connectivity index (χ2v) is 7.23. The van der Waals surface area contributed by atoms with Gasteiger partial charge in [0.1, 0.15) is 5.82 Å². The Kier molecular flexibility index (Phi) is 4.67. The van der Waals surface area contributed by atoms with E-state index in [1.165, 1.54) is 12.8 Å². The average molecular weight is 330 g/mol. The maximum atomic E-state index is 12.3. The fourth-order valence-corrected chi connectivity index (χ4v) is 4.27. The topological polar surface area (TPSA) is 66.5 Å². The van der Waals surface area contributed by atoms with Crippen molar-refractivity contribution in [2.75, 3.05) is 36.5 Å². The summed E-state index contributed by atoms with van der Waals surface area (Å²) in [6.45, 7) is 3.31. The van der Waals surface area contributed by atoms with E-state index in [0.717, 1.165) is 44.8 Å². The number of anilines is 2. The number of carbonyl (C=O) groups excluding carboxylic acids is 1. The monoisotopic (exact) mass is 330 g/mol. The minimum Gasteiger partial charge on any atom is -0.378 e. The van der Waals surface area contributed by atoms with Crippen molar-refractivity contribution in [3.05, 3.63) is 18.3 Å². The minimum atomic E-state index is 0.0907. The predicted octanol–water partition coefficient (Wildman–Crippen LogP) is 1.78. The van der Waals surface area contributed by atoms with Crippen molar-refractivity contribution in [2.45, 2.75) is 44.2 Å². The summed E-state index contributed by atoms with van der Waals surface area (Å²) in [5.41, 5.74) is 1.09. The maximum Gasteiger partial charge on any atom is 0.225 e. The van der Waals surface area contributed by atoms with Crippen LogP contribution in [0.25, 0.3) is 0 Å². The number of nitrogens with one attached hydrogen (secondary N) is 2. The van der Waals surface area contributed by atoms with Gasteiger partial charge >= 0.3 is 0 Å². The second kappa shape index (κ2) is 7.07. The maximum absolute atomic E-state index is 12.3. The number of hydrogen-bond acceptors (Lipinski definition) is 5. The molecule has 1 aromatic rings. The van der Waals surface area contributed by atoms with E-state index < -0.39 is 0 Å². The van der Waals surface area contributed by atoms with Crippen LogP contribution in [0.1, 0.15) is 32.1 Å². The van der Waals surface area contributed by atoms with E-state index in [1.54, 1.807) is 0 Å². The molecule has 24 heavy (non-hydrogen) atoms. The lowest BCUT2D eigenvalue weighted by molar-refractivity contribution is -0.117. The first kappa shape index (κ1) is 15.8. The Balaban J connectivity index is 1.29. The lowest BCUT2D eigenvalue weighted by Gasteiger charge is -2.29. The first-order valence-electron chi connectivity index (χ1n) is 9.11. The lowest BCUT2D eigenvalue weighted by Crippen LogP contribution is -2.39. The third-order valence-corrected chi connectivity index (χ3v) is 5.44. The second-order valence-electron chi connectivity index (χ2n) is 7.23. The molecule has 2 N–H and O–H groups in total. The molecule has 0 aliphatic carbocycles. The molecule has 6 heteroatoms. The van der Waals surface area contributed by atoms with Gasteiger partial charge in [0.25, 0.3) is 0 Å². The SMILES string of the molecule is O=C(CC1CC2CCC(C1)N2)Nc1ccc(N2CCOCC2)cn1. The first-order chi connectivity index (χ1) is 11.8. The van der Waals surface area contributed by atoms with Crippen LogP contribution < -0.4 is 15.5 Å². The zero-order chi connectivity index (χ0) is 16.4. The molecule has 0 aromatic carbocycles. The number of amides is 1. The number of aromatic nitrogens is 1.